The number of hydrogen-bond acceptors (Lipinski definition) is 9. The Balaban J connectivity index is 5.35. The molecule has 0 saturated carbocycles. The van der Waals surface area contributed by atoms with Gasteiger partial charge in [-0.25, -0.2) is 4.79 Å². The van der Waals surface area contributed by atoms with Crippen LogP contribution in [0.1, 0.15) is 51.9 Å². The minimum absolute atomic E-state index is 0.196. The molecular formula is C21H42N6O6S. The molecule has 0 spiro atoms. The molecule has 198 valence electrons. The van der Waals surface area contributed by atoms with E-state index >= 15 is 0 Å². The fourth-order valence-corrected chi connectivity index (χ4v) is 3.58. The van der Waals surface area contributed by atoms with Crippen LogP contribution >= 0.6 is 11.8 Å². The maximum atomic E-state index is 12.9. The fourth-order valence-electron chi connectivity index (χ4n) is 3.09. The monoisotopic (exact) mass is 506 g/mol. The van der Waals surface area contributed by atoms with Crippen LogP contribution in [-0.2, 0) is 19.2 Å². The molecule has 0 fully saturated rings. The summed E-state index contributed by atoms with van der Waals surface area (Å²) in [6.45, 7) is 2.13. The van der Waals surface area contributed by atoms with Gasteiger partial charge in [0.05, 0.1) is 12.1 Å². The van der Waals surface area contributed by atoms with Crippen molar-refractivity contribution < 1.29 is 29.4 Å². The molecule has 34 heavy (non-hydrogen) atoms. The van der Waals surface area contributed by atoms with Gasteiger partial charge in [-0.15, -0.1) is 0 Å². The van der Waals surface area contributed by atoms with Crippen LogP contribution in [0, 0.1) is 0 Å². The number of carboxylic acid groups (broad SMARTS) is 1. The number of hydrogen-bond donors (Lipinski definition) is 8. The van der Waals surface area contributed by atoms with E-state index < -0.39 is 54.0 Å². The number of rotatable bonds is 19. The summed E-state index contributed by atoms with van der Waals surface area (Å²) in [5.41, 5.74) is 16.8. The third-order valence-electron chi connectivity index (χ3n) is 5.17. The maximum Gasteiger partial charge on any atom is 0.326 e. The zero-order valence-corrected chi connectivity index (χ0v) is 20.9. The highest BCUT2D eigenvalue weighted by molar-refractivity contribution is 7.98. The average molecular weight is 507 g/mol. The molecule has 0 saturated heterocycles. The van der Waals surface area contributed by atoms with Gasteiger partial charge in [-0.3, -0.25) is 14.4 Å². The summed E-state index contributed by atoms with van der Waals surface area (Å²) in [6.07, 6.45) is 3.65. The first-order valence-corrected chi connectivity index (χ1v) is 12.9. The third-order valence-corrected chi connectivity index (χ3v) is 5.82. The molecule has 0 aliphatic carbocycles. The lowest BCUT2D eigenvalue weighted by Gasteiger charge is -2.26. The molecular weight excluding hydrogens is 464 g/mol. The molecule has 0 aromatic heterocycles. The number of aliphatic hydroxyl groups is 1. The topological polar surface area (TPSA) is 223 Å². The lowest BCUT2D eigenvalue weighted by atomic mass is 10.0. The van der Waals surface area contributed by atoms with Crippen molar-refractivity contribution in [3.63, 3.8) is 0 Å². The summed E-state index contributed by atoms with van der Waals surface area (Å²) in [6, 6.07) is -4.39. The zero-order valence-electron chi connectivity index (χ0n) is 20.1. The van der Waals surface area contributed by atoms with Crippen molar-refractivity contribution in [3.05, 3.63) is 0 Å². The molecule has 0 bridgehead atoms. The molecule has 0 aromatic rings. The standard InChI is InChI=1S/C21H42N6O6S/c1-13(28)17(27-18(29)14(24)9-12-34-2)20(31)25-15(7-3-5-10-22)19(30)26-16(21(32)33)8-4-6-11-23/h13-17,28H,3-12,22-24H2,1-2H3,(H,25,31)(H,26,30)(H,27,29)(H,32,33). The maximum absolute atomic E-state index is 12.9. The van der Waals surface area contributed by atoms with Gasteiger partial charge in [0.25, 0.3) is 0 Å². The van der Waals surface area contributed by atoms with Crippen molar-refractivity contribution in [2.75, 3.05) is 25.1 Å². The Kier molecular flexibility index (Phi) is 17.4. The van der Waals surface area contributed by atoms with E-state index in [9.17, 15) is 29.4 Å². The molecule has 0 heterocycles. The number of nitrogens with one attached hydrogen (secondary N) is 3. The lowest BCUT2D eigenvalue weighted by molar-refractivity contribution is -0.142. The van der Waals surface area contributed by atoms with Gasteiger partial charge in [0.1, 0.15) is 18.1 Å². The van der Waals surface area contributed by atoms with Crippen LogP contribution in [0.3, 0.4) is 0 Å². The highest BCUT2D eigenvalue weighted by Crippen LogP contribution is 2.07. The number of aliphatic hydroxyl groups excluding tert-OH is 1. The number of amides is 3. The molecule has 0 rings (SSSR count). The minimum Gasteiger partial charge on any atom is -0.480 e. The normalized spacial score (nSPS) is 15.5. The summed E-state index contributed by atoms with van der Waals surface area (Å²) in [5, 5.41) is 26.9. The van der Waals surface area contributed by atoms with E-state index in [0.29, 0.717) is 50.9 Å². The second-order valence-corrected chi connectivity index (χ2v) is 9.13. The Labute approximate surface area is 205 Å². The van der Waals surface area contributed by atoms with Gasteiger partial charge in [-0.1, -0.05) is 0 Å². The van der Waals surface area contributed by atoms with Crippen molar-refractivity contribution in [2.45, 2.75) is 82.1 Å². The first kappa shape index (κ1) is 32.1. The van der Waals surface area contributed by atoms with Crippen LogP contribution in [0.15, 0.2) is 0 Å². The molecule has 0 aliphatic rings. The van der Waals surface area contributed by atoms with Crippen molar-refractivity contribution in [3.8, 4) is 0 Å². The molecule has 12 nitrogen and oxygen atoms in total. The Bertz CT molecular complexity index is 639. The Morgan fingerprint density at radius 1 is 0.824 bits per heavy atom. The smallest absolute Gasteiger partial charge is 0.326 e. The summed E-state index contributed by atoms with van der Waals surface area (Å²) in [7, 11) is 0. The van der Waals surface area contributed by atoms with Crippen LogP contribution in [-0.4, -0.2) is 89.3 Å². The van der Waals surface area contributed by atoms with Crippen LogP contribution < -0.4 is 33.2 Å². The Morgan fingerprint density at radius 3 is 1.82 bits per heavy atom. The van der Waals surface area contributed by atoms with Gasteiger partial charge >= 0.3 is 5.97 Å². The van der Waals surface area contributed by atoms with Gasteiger partial charge in [-0.2, -0.15) is 11.8 Å². The molecule has 0 aliphatic heterocycles. The first-order chi connectivity index (χ1) is 16.1. The molecule has 11 N–H and O–H groups in total. The highest BCUT2D eigenvalue weighted by atomic mass is 32.2. The average Bonchev–Trinajstić information content (AvgIpc) is 2.78. The number of thioether (sulfide) groups is 1. The number of carboxylic acids is 1. The quantitative estimate of drug-likeness (QED) is 0.0921. The predicted octanol–water partition coefficient (Wildman–Crippen LogP) is -1.76. The van der Waals surface area contributed by atoms with E-state index in [1.54, 1.807) is 0 Å². The van der Waals surface area contributed by atoms with E-state index in [2.05, 4.69) is 16.0 Å². The van der Waals surface area contributed by atoms with E-state index in [1.807, 2.05) is 6.26 Å². The van der Waals surface area contributed by atoms with Gasteiger partial charge < -0.3 is 43.4 Å². The predicted molar refractivity (Wildman–Crippen MR) is 132 cm³/mol. The molecule has 13 heteroatoms. The number of aliphatic carboxylic acids is 1. The number of carbonyl (C=O) groups excluding carboxylic acids is 3. The van der Waals surface area contributed by atoms with Crippen LogP contribution in [0.5, 0.6) is 0 Å². The van der Waals surface area contributed by atoms with Gasteiger partial charge in [0, 0.05) is 0 Å². The highest BCUT2D eigenvalue weighted by Gasteiger charge is 2.32. The largest absolute Gasteiger partial charge is 0.480 e. The van der Waals surface area contributed by atoms with Gasteiger partial charge in [-0.05, 0) is 77.0 Å². The number of nitrogens with two attached hydrogens (primary N) is 3. The van der Waals surface area contributed by atoms with Crippen molar-refractivity contribution in [1.29, 1.82) is 0 Å². The Hall–Kier alpha value is -1.93. The molecule has 5 unspecified atom stereocenters. The zero-order chi connectivity index (χ0) is 26.1. The van der Waals surface area contributed by atoms with E-state index in [0.717, 1.165) is 0 Å². The van der Waals surface area contributed by atoms with E-state index in [-0.39, 0.29) is 12.8 Å². The second kappa shape index (κ2) is 18.4. The summed E-state index contributed by atoms with van der Waals surface area (Å²) < 4.78 is 0. The molecule has 5 atom stereocenters. The SMILES string of the molecule is CSCCC(N)C(=O)NC(C(=O)NC(CCCCN)C(=O)NC(CCCCN)C(=O)O)C(C)O. The van der Waals surface area contributed by atoms with Crippen LogP contribution in [0.2, 0.25) is 0 Å². The number of carbonyl (C=O) groups is 4. The molecule has 0 aromatic carbocycles. The van der Waals surface area contributed by atoms with Crippen molar-refractivity contribution in [1.82, 2.24) is 16.0 Å². The molecule has 0 radical (unpaired) electrons. The number of unbranched alkanes of at least 4 members (excludes halogenated alkanes) is 2. The van der Waals surface area contributed by atoms with Crippen molar-refractivity contribution >= 4 is 35.5 Å². The van der Waals surface area contributed by atoms with E-state index in [1.165, 1.54) is 18.7 Å². The minimum atomic E-state index is -1.34. The van der Waals surface area contributed by atoms with Crippen LogP contribution in [0.4, 0.5) is 0 Å². The first-order valence-electron chi connectivity index (χ1n) is 11.6. The Morgan fingerprint density at radius 2 is 1.35 bits per heavy atom. The lowest BCUT2D eigenvalue weighted by Crippen LogP contribution is -2.59. The summed E-state index contributed by atoms with van der Waals surface area (Å²) in [4.78, 5) is 49.6. The van der Waals surface area contributed by atoms with E-state index in [4.69, 9.17) is 17.2 Å². The molecule has 3 amide bonds. The van der Waals surface area contributed by atoms with Crippen molar-refractivity contribution in [2.24, 2.45) is 17.2 Å². The fraction of sp³-hybridized carbons (Fsp3) is 0.810. The third kappa shape index (κ3) is 13.1. The van der Waals surface area contributed by atoms with Crippen LogP contribution in [0.25, 0.3) is 0 Å². The van der Waals surface area contributed by atoms with Gasteiger partial charge in [0.15, 0.2) is 0 Å². The van der Waals surface area contributed by atoms with Gasteiger partial charge in [0.2, 0.25) is 17.7 Å². The summed E-state index contributed by atoms with van der Waals surface area (Å²) >= 11 is 1.52. The summed E-state index contributed by atoms with van der Waals surface area (Å²) in [5.74, 6) is -2.57. The second-order valence-electron chi connectivity index (χ2n) is 8.14.